The minimum atomic E-state index is -0.401. The van der Waals surface area contributed by atoms with Gasteiger partial charge in [-0.1, -0.05) is 44.0 Å². The third kappa shape index (κ3) is 3.33. The van der Waals surface area contributed by atoms with E-state index in [4.69, 9.17) is 9.15 Å². The maximum atomic E-state index is 12.3. The average molecular weight is 402 g/mol. The highest BCUT2D eigenvalue weighted by Gasteiger charge is 2.28. The summed E-state index contributed by atoms with van der Waals surface area (Å²) < 4.78 is 10.5. The molecule has 1 heterocycles. The molecular weight excluding hydrogens is 388 g/mol. The van der Waals surface area contributed by atoms with Crippen molar-refractivity contribution in [2.45, 2.75) is 16.6 Å². The second-order valence-electron chi connectivity index (χ2n) is 4.35. The zero-order chi connectivity index (χ0) is 14.7. The van der Waals surface area contributed by atoms with Crippen LogP contribution in [0.5, 0.6) is 5.75 Å². The van der Waals surface area contributed by atoms with Gasteiger partial charge in [-0.3, -0.25) is 4.79 Å². The van der Waals surface area contributed by atoms with Gasteiger partial charge in [0.1, 0.15) is 11.5 Å². The van der Waals surface area contributed by atoms with Crippen molar-refractivity contribution in [2.75, 3.05) is 7.11 Å². The molecule has 0 aliphatic heterocycles. The first-order valence-electron chi connectivity index (χ1n) is 6.05. The van der Waals surface area contributed by atoms with Crippen molar-refractivity contribution in [2.24, 2.45) is 0 Å². The topological polar surface area (TPSA) is 39.4 Å². The first-order valence-corrected chi connectivity index (χ1v) is 7.89. The van der Waals surface area contributed by atoms with Crippen molar-refractivity contribution >= 4 is 37.6 Å². The van der Waals surface area contributed by atoms with Gasteiger partial charge >= 0.3 is 0 Å². The molecule has 0 radical (unpaired) electrons. The van der Waals surface area contributed by atoms with E-state index in [0.29, 0.717) is 5.76 Å². The second kappa shape index (κ2) is 6.59. The molecule has 1 aromatic heterocycles. The van der Waals surface area contributed by atoms with Crippen LogP contribution in [0.15, 0.2) is 40.8 Å². The van der Waals surface area contributed by atoms with Crippen molar-refractivity contribution in [3.63, 3.8) is 0 Å². The normalized spacial score (nSPS) is 13.8. The van der Waals surface area contributed by atoms with Crippen molar-refractivity contribution < 1.29 is 13.9 Å². The van der Waals surface area contributed by atoms with Gasteiger partial charge in [-0.15, -0.1) is 0 Å². The molecule has 106 valence electrons. The Labute approximate surface area is 134 Å². The van der Waals surface area contributed by atoms with E-state index in [1.54, 1.807) is 19.2 Å². The number of ketones is 1. The van der Waals surface area contributed by atoms with Crippen LogP contribution in [0.4, 0.5) is 0 Å². The highest BCUT2D eigenvalue weighted by molar-refractivity contribution is 9.12. The lowest BCUT2D eigenvalue weighted by molar-refractivity contribution is 0.0963. The minimum absolute atomic E-state index is 0.0872. The third-order valence-electron chi connectivity index (χ3n) is 2.92. The number of Topliss-reactive ketones (excluding diaryl/α,β-unsaturated/α-hetero) is 1. The number of alkyl halides is 2. The SMILES string of the molecule is COc1ccc(C(Br)C(Br)C(=O)c2ccc(C)o2)cc1. The van der Waals surface area contributed by atoms with E-state index < -0.39 is 4.83 Å². The lowest BCUT2D eigenvalue weighted by Gasteiger charge is -2.15. The molecule has 0 aliphatic rings. The first-order chi connectivity index (χ1) is 9.52. The Morgan fingerprint density at radius 3 is 2.30 bits per heavy atom. The van der Waals surface area contributed by atoms with Gasteiger partial charge in [-0.2, -0.15) is 0 Å². The molecular formula is C15H14Br2O3. The van der Waals surface area contributed by atoms with Gasteiger partial charge in [0.2, 0.25) is 5.78 Å². The maximum Gasteiger partial charge on any atom is 0.213 e. The Hall–Kier alpha value is -1.07. The Morgan fingerprint density at radius 1 is 1.15 bits per heavy atom. The molecule has 0 bridgehead atoms. The van der Waals surface area contributed by atoms with Crippen LogP contribution < -0.4 is 4.74 Å². The number of hydrogen-bond acceptors (Lipinski definition) is 3. The lowest BCUT2D eigenvalue weighted by Crippen LogP contribution is -2.18. The van der Waals surface area contributed by atoms with Crippen molar-refractivity contribution in [3.05, 3.63) is 53.5 Å². The first kappa shape index (κ1) is 15.3. The molecule has 20 heavy (non-hydrogen) atoms. The van der Waals surface area contributed by atoms with Crippen LogP contribution in [0.2, 0.25) is 0 Å². The summed E-state index contributed by atoms with van der Waals surface area (Å²) in [6.45, 7) is 1.81. The van der Waals surface area contributed by atoms with Crippen LogP contribution in [0.3, 0.4) is 0 Å². The average Bonchev–Trinajstić information content (AvgIpc) is 2.91. The van der Waals surface area contributed by atoms with E-state index in [-0.39, 0.29) is 10.6 Å². The van der Waals surface area contributed by atoms with E-state index in [9.17, 15) is 4.79 Å². The molecule has 0 N–H and O–H groups in total. The molecule has 3 nitrogen and oxygen atoms in total. The number of furan rings is 1. The third-order valence-corrected chi connectivity index (χ3v) is 5.64. The van der Waals surface area contributed by atoms with Gasteiger partial charge in [0.05, 0.1) is 16.8 Å². The molecule has 2 atom stereocenters. The fourth-order valence-corrected chi connectivity index (χ4v) is 2.87. The summed E-state index contributed by atoms with van der Waals surface area (Å²) in [5.41, 5.74) is 0.990. The predicted molar refractivity (Wildman–Crippen MR) is 85.2 cm³/mol. The molecule has 0 spiro atoms. The van der Waals surface area contributed by atoms with Crippen molar-refractivity contribution in [3.8, 4) is 5.75 Å². The molecule has 0 saturated heterocycles. The summed E-state index contributed by atoms with van der Waals surface area (Å²) in [7, 11) is 1.62. The zero-order valence-electron chi connectivity index (χ0n) is 11.1. The molecule has 0 fully saturated rings. The summed E-state index contributed by atoms with van der Waals surface area (Å²) in [4.78, 5) is 11.8. The van der Waals surface area contributed by atoms with Gasteiger partial charge in [0, 0.05) is 0 Å². The number of methoxy groups -OCH3 is 1. The monoisotopic (exact) mass is 400 g/mol. The number of aryl methyl sites for hydroxylation is 1. The summed E-state index contributed by atoms with van der Waals surface area (Å²) in [6.07, 6.45) is 0. The zero-order valence-corrected chi connectivity index (χ0v) is 14.3. The maximum absolute atomic E-state index is 12.3. The van der Waals surface area contributed by atoms with Gasteiger partial charge in [-0.05, 0) is 36.8 Å². The predicted octanol–water partition coefficient (Wildman–Crippen LogP) is 4.68. The minimum Gasteiger partial charge on any atom is -0.497 e. The van der Waals surface area contributed by atoms with E-state index in [0.717, 1.165) is 17.1 Å². The highest BCUT2D eigenvalue weighted by Crippen LogP contribution is 2.34. The summed E-state index contributed by atoms with van der Waals surface area (Å²) in [5.74, 6) is 1.79. The van der Waals surface area contributed by atoms with Crippen LogP contribution in [0, 0.1) is 6.92 Å². The molecule has 2 aromatic rings. The molecule has 5 heteroatoms. The fourth-order valence-electron chi connectivity index (χ4n) is 1.79. The molecule has 0 aliphatic carbocycles. The van der Waals surface area contributed by atoms with E-state index in [1.807, 2.05) is 31.2 Å². The summed E-state index contributed by atoms with van der Waals surface area (Å²) >= 11 is 6.99. The number of hydrogen-bond donors (Lipinski definition) is 0. The quantitative estimate of drug-likeness (QED) is 0.539. The molecule has 2 rings (SSSR count). The Balaban J connectivity index is 2.14. The standard InChI is InChI=1S/C15H14Br2O3/c1-9-3-8-12(20-9)15(18)14(17)13(16)10-4-6-11(19-2)7-5-10/h3-8,13-14H,1-2H3. The fraction of sp³-hybridized carbons (Fsp3) is 0.267. The van der Waals surface area contributed by atoms with Gasteiger partial charge in [0.15, 0.2) is 5.76 Å². The van der Waals surface area contributed by atoms with Crippen molar-refractivity contribution in [1.82, 2.24) is 0 Å². The number of benzene rings is 1. The summed E-state index contributed by atoms with van der Waals surface area (Å²) in [6, 6.07) is 11.1. The van der Waals surface area contributed by atoms with Crippen molar-refractivity contribution in [1.29, 1.82) is 0 Å². The van der Waals surface area contributed by atoms with E-state index >= 15 is 0 Å². The van der Waals surface area contributed by atoms with Crippen LogP contribution in [0.1, 0.15) is 26.7 Å². The Bertz CT molecular complexity index is 589. The van der Waals surface area contributed by atoms with Gasteiger partial charge < -0.3 is 9.15 Å². The van der Waals surface area contributed by atoms with E-state index in [2.05, 4.69) is 31.9 Å². The number of halogens is 2. The number of carbonyl (C=O) groups excluding carboxylic acids is 1. The van der Waals surface area contributed by atoms with Crippen LogP contribution in [-0.2, 0) is 0 Å². The van der Waals surface area contributed by atoms with E-state index in [1.165, 1.54) is 0 Å². The number of carbonyl (C=O) groups is 1. The van der Waals surface area contributed by atoms with Crippen LogP contribution in [-0.4, -0.2) is 17.7 Å². The van der Waals surface area contributed by atoms with Crippen LogP contribution in [0.25, 0.3) is 0 Å². The molecule has 0 saturated carbocycles. The number of rotatable bonds is 5. The Kier molecular flexibility index (Phi) is 5.05. The molecule has 2 unspecified atom stereocenters. The summed E-state index contributed by atoms with van der Waals surface area (Å²) in [5, 5.41) is 0. The second-order valence-corrected chi connectivity index (χ2v) is 6.32. The van der Waals surface area contributed by atoms with Gasteiger partial charge in [0.25, 0.3) is 0 Å². The molecule has 1 aromatic carbocycles. The smallest absolute Gasteiger partial charge is 0.213 e. The largest absolute Gasteiger partial charge is 0.497 e. The highest BCUT2D eigenvalue weighted by atomic mass is 79.9. The van der Waals surface area contributed by atoms with Crippen LogP contribution >= 0.6 is 31.9 Å². The lowest BCUT2D eigenvalue weighted by atomic mass is 10.1. The Morgan fingerprint density at radius 2 is 1.80 bits per heavy atom. The molecule has 0 amide bonds. The van der Waals surface area contributed by atoms with Gasteiger partial charge in [-0.25, -0.2) is 0 Å². The number of ether oxygens (including phenoxy) is 1.